The maximum atomic E-state index is 12.9. The first-order chi connectivity index (χ1) is 16.2. The molecule has 1 aliphatic heterocycles. The fourth-order valence-electron chi connectivity index (χ4n) is 3.78. The Balaban J connectivity index is 1.16. The van der Waals surface area contributed by atoms with Crippen LogP contribution < -0.4 is 9.47 Å². The van der Waals surface area contributed by atoms with E-state index in [-0.39, 0.29) is 12.0 Å². The van der Waals surface area contributed by atoms with Gasteiger partial charge in [-0.3, -0.25) is 9.89 Å². The van der Waals surface area contributed by atoms with Crippen molar-refractivity contribution >= 4 is 5.91 Å². The molecule has 0 bridgehead atoms. The van der Waals surface area contributed by atoms with Crippen molar-refractivity contribution in [3.63, 3.8) is 0 Å². The fraction of sp³-hybridized carbons (Fsp3) is 0.261. The topological polar surface area (TPSA) is 111 Å². The van der Waals surface area contributed by atoms with Crippen molar-refractivity contribution in [2.24, 2.45) is 0 Å². The lowest BCUT2D eigenvalue weighted by Crippen LogP contribution is -2.42. The highest BCUT2D eigenvalue weighted by molar-refractivity contribution is 5.93. The average molecular weight is 445 g/mol. The van der Waals surface area contributed by atoms with Gasteiger partial charge in [-0.1, -0.05) is 12.1 Å². The second-order valence-electron chi connectivity index (χ2n) is 7.69. The van der Waals surface area contributed by atoms with Crippen LogP contribution in [0.25, 0.3) is 17.1 Å². The number of amides is 1. The lowest BCUT2D eigenvalue weighted by atomic mass is 10.1. The van der Waals surface area contributed by atoms with Crippen LogP contribution >= 0.6 is 0 Å². The van der Waals surface area contributed by atoms with E-state index in [1.54, 1.807) is 36.3 Å². The number of H-pyrrole nitrogens is 1. The third-order valence-electron chi connectivity index (χ3n) is 5.56. The second-order valence-corrected chi connectivity index (χ2v) is 7.69. The lowest BCUT2D eigenvalue weighted by Gasteiger charge is -2.31. The maximum Gasteiger partial charge on any atom is 0.271 e. The van der Waals surface area contributed by atoms with Crippen LogP contribution in [0.5, 0.6) is 11.6 Å². The molecule has 0 saturated carbocycles. The van der Waals surface area contributed by atoms with Gasteiger partial charge in [0.15, 0.2) is 5.82 Å². The summed E-state index contributed by atoms with van der Waals surface area (Å²) in [5, 5.41) is 19.6. The Hall–Kier alpha value is -4.21. The summed E-state index contributed by atoms with van der Waals surface area (Å²) in [5.41, 5.74) is 2.05. The largest absolute Gasteiger partial charge is 0.497 e. The van der Waals surface area contributed by atoms with Gasteiger partial charge in [-0.15, -0.1) is 10.2 Å². The summed E-state index contributed by atoms with van der Waals surface area (Å²) in [6.45, 7) is 1.19. The Kier molecular flexibility index (Phi) is 5.71. The summed E-state index contributed by atoms with van der Waals surface area (Å²) in [6, 6.07) is 14.8. The summed E-state index contributed by atoms with van der Waals surface area (Å²) in [7, 11) is 1.62. The van der Waals surface area contributed by atoms with Gasteiger partial charge in [0.1, 0.15) is 17.5 Å². The van der Waals surface area contributed by atoms with E-state index in [0.717, 1.165) is 11.3 Å². The molecule has 4 aromatic rings. The van der Waals surface area contributed by atoms with Crippen LogP contribution in [0, 0.1) is 0 Å². The van der Waals surface area contributed by atoms with Crippen molar-refractivity contribution in [3.05, 3.63) is 66.6 Å². The highest BCUT2D eigenvalue weighted by atomic mass is 16.5. The molecular formula is C23H23N7O3. The lowest BCUT2D eigenvalue weighted by molar-refractivity contribution is 0.0580. The Bertz CT molecular complexity index is 1210. The van der Waals surface area contributed by atoms with E-state index in [9.17, 15) is 4.79 Å². The number of aromatic nitrogens is 6. The average Bonchev–Trinajstić information content (AvgIpc) is 3.58. The normalized spacial score (nSPS) is 14.3. The maximum absolute atomic E-state index is 12.9. The van der Waals surface area contributed by atoms with Crippen LogP contribution in [0.1, 0.15) is 23.3 Å². The van der Waals surface area contributed by atoms with Crippen LogP contribution in [-0.2, 0) is 0 Å². The van der Waals surface area contributed by atoms with Gasteiger partial charge >= 0.3 is 0 Å². The number of aromatic amines is 1. The van der Waals surface area contributed by atoms with Gasteiger partial charge in [0, 0.05) is 50.0 Å². The summed E-state index contributed by atoms with van der Waals surface area (Å²) in [5.74, 6) is 1.76. The Morgan fingerprint density at radius 1 is 1.09 bits per heavy atom. The zero-order valence-electron chi connectivity index (χ0n) is 18.1. The number of hydrogen-bond acceptors (Lipinski definition) is 7. The number of methoxy groups -OCH3 is 1. The van der Waals surface area contributed by atoms with Crippen LogP contribution in [0.15, 0.2) is 60.9 Å². The molecule has 0 spiro atoms. The first-order valence-corrected chi connectivity index (χ1v) is 10.7. The Morgan fingerprint density at radius 3 is 2.70 bits per heavy atom. The Labute approximate surface area is 190 Å². The summed E-state index contributed by atoms with van der Waals surface area (Å²) >= 11 is 0. The first kappa shape index (κ1) is 20.7. The summed E-state index contributed by atoms with van der Waals surface area (Å²) in [6.07, 6.45) is 4.89. The molecule has 1 saturated heterocycles. The van der Waals surface area contributed by atoms with E-state index in [1.165, 1.54) is 0 Å². The molecule has 1 aromatic carbocycles. The van der Waals surface area contributed by atoms with Gasteiger partial charge in [-0.05, 0) is 30.3 Å². The number of benzene rings is 1. The summed E-state index contributed by atoms with van der Waals surface area (Å²) < 4.78 is 12.9. The van der Waals surface area contributed by atoms with Crippen molar-refractivity contribution in [3.8, 4) is 28.7 Å². The van der Waals surface area contributed by atoms with Crippen molar-refractivity contribution in [2.45, 2.75) is 18.9 Å². The highest BCUT2D eigenvalue weighted by Gasteiger charge is 2.26. The van der Waals surface area contributed by atoms with Crippen LogP contribution in [0.3, 0.4) is 0 Å². The number of hydrogen-bond donors (Lipinski definition) is 1. The minimum absolute atomic E-state index is 0.0204. The van der Waals surface area contributed by atoms with E-state index in [2.05, 4.69) is 25.5 Å². The molecule has 5 rings (SSSR count). The zero-order chi connectivity index (χ0) is 22.6. The molecule has 10 nitrogen and oxygen atoms in total. The molecule has 168 valence electrons. The Morgan fingerprint density at radius 2 is 1.97 bits per heavy atom. The molecule has 0 atom stereocenters. The number of nitrogens with one attached hydrogen (secondary N) is 1. The van der Waals surface area contributed by atoms with Gasteiger partial charge < -0.3 is 14.4 Å². The van der Waals surface area contributed by atoms with Crippen LogP contribution in [0.4, 0.5) is 0 Å². The number of piperidine rings is 1. The molecule has 3 aromatic heterocycles. The zero-order valence-corrected chi connectivity index (χ0v) is 18.1. The van der Waals surface area contributed by atoms with Gasteiger partial charge in [0.05, 0.1) is 12.8 Å². The van der Waals surface area contributed by atoms with Crippen LogP contribution in [-0.4, -0.2) is 67.3 Å². The molecule has 33 heavy (non-hydrogen) atoms. The molecule has 1 N–H and O–H groups in total. The predicted molar refractivity (Wildman–Crippen MR) is 119 cm³/mol. The van der Waals surface area contributed by atoms with E-state index in [4.69, 9.17) is 9.47 Å². The third kappa shape index (κ3) is 4.54. The molecule has 0 radical (unpaired) electrons. The van der Waals surface area contributed by atoms with Crippen molar-refractivity contribution in [2.75, 3.05) is 20.2 Å². The summed E-state index contributed by atoms with van der Waals surface area (Å²) in [4.78, 5) is 14.8. The number of carbonyl (C=O) groups is 1. The molecule has 1 amide bonds. The van der Waals surface area contributed by atoms with Gasteiger partial charge in [-0.2, -0.15) is 10.2 Å². The van der Waals surface area contributed by atoms with Crippen molar-refractivity contribution in [1.29, 1.82) is 0 Å². The van der Waals surface area contributed by atoms with E-state index < -0.39 is 0 Å². The monoisotopic (exact) mass is 445 g/mol. The minimum atomic E-state index is -0.0709. The van der Waals surface area contributed by atoms with Crippen molar-refractivity contribution in [1.82, 2.24) is 35.1 Å². The number of nitrogens with zero attached hydrogens (tertiary/aromatic N) is 6. The minimum Gasteiger partial charge on any atom is -0.497 e. The first-order valence-electron chi connectivity index (χ1n) is 10.7. The highest BCUT2D eigenvalue weighted by Crippen LogP contribution is 2.24. The van der Waals surface area contributed by atoms with Crippen molar-refractivity contribution < 1.29 is 14.3 Å². The van der Waals surface area contributed by atoms with Gasteiger partial charge in [-0.25, -0.2) is 4.68 Å². The van der Waals surface area contributed by atoms with Gasteiger partial charge in [0.2, 0.25) is 5.88 Å². The third-order valence-corrected chi connectivity index (χ3v) is 5.56. The molecule has 4 heterocycles. The quantitative estimate of drug-likeness (QED) is 0.486. The molecule has 1 fully saturated rings. The standard InChI is InChI=1S/C23H23N7O3/c1-32-18-5-2-4-16(14-18)19-15-20(26-25-19)23(31)29-12-8-17(9-13-29)33-22-7-6-21(27-28-22)30-11-3-10-24-30/h2-7,10-11,14-15,17H,8-9,12-13H2,1H3,(H,25,26). The second kappa shape index (κ2) is 9.11. The molecular weight excluding hydrogens is 422 g/mol. The smallest absolute Gasteiger partial charge is 0.271 e. The van der Waals surface area contributed by atoms with Gasteiger partial charge in [0.25, 0.3) is 5.91 Å². The molecule has 1 aliphatic rings. The molecule has 0 unspecified atom stereocenters. The number of rotatable bonds is 6. The number of ether oxygens (including phenoxy) is 2. The van der Waals surface area contributed by atoms with Crippen LogP contribution in [0.2, 0.25) is 0 Å². The number of carbonyl (C=O) groups excluding carboxylic acids is 1. The molecule has 10 heteroatoms. The van der Waals surface area contributed by atoms with E-state index in [0.29, 0.717) is 49.0 Å². The fourth-order valence-corrected chi connectivity index (χ4v) is 3.78. The molecule has 0 aliphatic carbocycles. The van der Waals surface area contributed by atoms with E-state index in [1.807, 2.05) is 41.3 Å². The van der Waals surface area contributed by atoms with E-state index >= 15 is 0 Å². The SMILES string of the molecule is COc1cccc(-c2cc(C(=O)N3CCC(Oc4ccc(-n5cccn5)nn4)CC3)[nH]n2)c1. The number of likely N-dealkylation sites (tertiary alicyclic amines) is 1. The predicted octanol–water partition coefficient (Wildman–Crippen LogP) is 2.74.